The summed E-state index contributed by atoms with van der Waals surface area (Å²) in [5, 5.41) is 2.72. The van der Waals surface area contributed by atoms with Crippen LogP contribution in [0.15, 0.2) is 94.7 Å². The molecule has 1 heteroatoms. The molecule has 1 heterocycles. The van der Waals surface area contributed by atoms with Crippen LogP contribution in [0.25, 0.3) is 21.9 Å². The van der Waals surface area contributed by atoms with Crippen molar-refractivity contribution in [1.82, 2.24) is 0 Å². The molecule has 0 unspecified atom stereocenters. The van der Waals surface area contributed by atoms with Gasteiger partial charge in [-0.1, -0.05) is 84.6 Å². The van der Waals surface area contributed by atoms with Gasteiger partial charge in [0.25, 0.3) is 0 Å². The van der Waals surface area contributed by atoms with Gasteiger partial charge in [0.1, 0.15) is 0 Å². The predicted octanol–water partition coefficient (Wildman–Crippen LogP) is 6.56. The van der Waals surface area contributed by atoms with Gasteiger partial charge in [-0.2, -0.15) is 0 Å². The summed E-state index contributed by atoms with van der Waals surface area (Å²) in [5.74, 6) is 0. The van der Waals surface area contributed by atoms with Crippen molar-refractivity contribution in [3.05, 3.63) is 96.1 Å². The van der Waals surface area contributed by atoms with Crippen LogP contribution in [0.3, 0.4) is 0 Å². The normalized spacial score (nSPS) is 12.7. The lowest BCUT2D eigenvalue weighted by atomic mass is 9.96. The Hall–Kier alpha value is -2.51. The lowest BCUT2D eigenvalue weighted by molar-refractivity contribution is 1.07. The largest absolute Gasteiger partial charge is 0.0895 e. The Balaban J connectivity index is 1.61. The highest BCUT2D eigenvalue weighted by atomic mass is 32.2. The molecule has 4 aromatic rings. The van der Waals surface area contributed by atoms with Crippen molar-refractivity contribution in [2.45, 2.75) is 16.2 Å². The maximum Gasteiger partial charge on any atom is 0.0164 e. The third-order valence-corrected chi connectivity index (χ3v) is 5.96. The van der Waals surface area contributed by atoms with Crippen LogP contribution >= 0.6 is 11.8 Å². The first kappa shape index (κ1) is 13.9. The molecule has 0 aromatic heterocycles. The molecule has 114 valence electrons. The second-order valence-corrected chi connectivity index (χ2v) is 7.31. The van der Waals surface area contributed by atoms with Crippen LogP contribution in [0.5, 0.6) is 0 Å². The van der Waals surface area contributed by atoms with Crippen molar-refractivity contribution in [2.24, 2.45) is 0 Å². The van der Waals surface area contributed by atoms with E-state index in [0.29, 0.717) is 0 Å². The molecule has 0 atom stereocenters. The van der Waals surface area contributed by atoms with E-state index in [9.17, 15) is 0 Å². The van der Waals surface area contributed by atoms with Crippen molar-refractivity contribution in [3.8, 4) is 11.1 Å². The molecule has 0 spiro atoms. The summed E-state index contributed by atoms with van der Waals surface area (Å²) in [4.78, 5) is 2.78. The van der Waals surface area contributed by atoms with Gasteiger partial charge < -0.3 is 0 Å². The molecule has 0 fully saturated rings. The van der Waals surface area contributed by atoms with Crippen LogP contribution in [0.2, 0.25) is 0 Å². The van der Waals surface area contributed by atoms with Crippen molar-refractivity contribution >= 4 is 22.5 Å². The zero-order chi connectivity index (χ0) is 15.9. The zero-order valence-electron chi connectivity index (χ0n) is 13.2. The van der Waals surface area contributed by atoms with E-state index in [4.69, 9.17) is 0 Å². The van der Waals surface area contributed by atoms with E-state index >= 15 is 0 Å². The van der Waals surface area contributed by atoms with Crippen LogP contribution in [-0.2, 0) is 6.42 Å². The Morgan fingerprint density at radius 1 is 0.625 bits per heavy atom. The third kappa shape index (κ3) is 2.24. The predicted molar refractivity (Wildman–Crippen MR) is 103 cm³/mol. The molecule has 0 N–H and O–H groups in total. The second-order valence-electron chi connectivity index (χ2n) is 6.23. The fourth-order valence-corrected chi connectivity index (χ4v) is 4.64. The lowest BCUT2D eigenvalue weighted by Gasteiger charge is -2.21. The molecule has 0 bridgehead atoms. The molecule has 1 aliphatic rings. The standard InChI is InChI=1S/C23H16S/c1-2-6-16(7-3-1)18-10-11-19-14-21-20-9-5-4-8-17(20)12-13-22(21)24-23(19)15-18/h1-13,15H,14H2. The van der Waals surface area contributed by atoms with Gasteiger partial charge in [0.05, 0.1) is 0 Å². The Morgan fingerprint density at radius 2 is 1.46 bits per heavy atom. The number of rotatable bonds is 1. The first-order chi connectivity index (χ1) is 11.9. The summed E-state index contributed by atoms with van der Waals surface area (Å²) in [6.45, 7) is 0. The van der Waals surface area contributed by atoms with E-state index in [2.05, 4.69) is 84.9 Å². The quantitative estimate of drug-likeness (QED) is 0.336. The highest BCUT2D eigenvalue weighted by Crippen LogP contribution is 2.43. The maximum absolute atomic E-state index is 2.34. The molecule has 1 aliphatic heterocycles. The summed E-state index contributed by atoms with van der Waals surface area (Å²) in [7, 11) is 0. The van der Waals surface area contributed by atoms with Gasteiger partial charge in [0.2, 0.25) is 0 Å². The second kappa shape index (κ2) is 5.54. The SMILES string of the molecule is c1ccc(-c2ccc3c(c2)Sc2ccc4ccccc4c2C3)cc1. The van der Waals surface area contributed by atoms with Gasteiger partial charge >= 0.3 is 0 Å². The lowest BCUT2D eigenvalue weighted by Crippen LogP contribution is -2.00. The van der Waals surface area contributed by atoms with Gasteiger partial charge in [-0.25, -0.2) is 0 Å². The van der Waals surface area contributed by atoms with Crippen molar-refractivity contribution in [1.29, 1.82) is 0 Å². The van der Waals surface area contributed by atoms with Crippen molar-refractivity contribution in [3.63, 3.8) is 0 Å². The smallest absolute Gasteiger partial charge is 0.0164 e. The number of hydrogen-bond acceptors (Lipinski definition) is 1. The molecule has 0 saturated heterocycles. The number of fused-ring (bicyclic) bond motifs is 4. The summed E-state index contributed by atoms with van der Waals surface area (Å²) in [6, 6.07) is 30.7. The van der Waals surface area contributed by atoms with Gasteiger partial charge in [-0.05, 0) is 45.2 Å². The topological polar surface area (TPSA) is 0 Å². The molecule has 24 heavy (non-hydrogen) atoms. The minimum atomic E-state index is 1.02. The monoisotopic (exact) mass is 324 g/mol. The van der Waals surface area contributed by atoms with Gasteiger partial charge in [-0.15, -0.1) is 0 Å². The van der Waals surface area contributed by atoms with Crippen LogP contribution in [-0.4, -0.2) is 0 Å². The highest BCUT2D eigenvalue weighted by molar-refractivity contribution is 7.99. The van der Waals surface area contributed by atoms with Gasteiger partial charge in [0, 0.05) is 16.2 Å². The Labute approximate surface area is 146 Å². The third-order valence-electron chi connectivity index (χ3n) is 4.76. The minimum absolute atomic E-state index is 1.02. The van der Waals surface area contributed by atoms with E-state index in [1.54, 1.807) is 0 Å². The molecule has 0 nitrogen and oxygen atoms in total. The molecular weight excluding hydrogens is 308 g/mol. The average molecular weight is 324 g/mol. The van der Waals surface area contributed by atoms with E-state index in [0.717, 1.165) is 6.42 Å². The fourth-order valence-electron chi connectivity index (χ4n) is 3.51. The van der Waals surface area contributed by atoms with Crippen molar-refractivity contribution in [2.75, 3.05) is 0 Å². The fraction of sp³-hybridized carbons (Fsp3) is 0.0435. The van der Waals surface area contributed by atoms with Crippen molar-refractivity contribution < 1.29 is 0 Å². The molecule has 0 aliphatic carbocycles. The number of hydrogen-bond donors (Lipinski definition) is 0. The first-order valence-corrected chi connectivity index (χ1v) is 9.07. The van der Waals surface area contributed by atoms with E-state index in [1.807, 2.05) is 11.8 Å². The maximum atomic E-state index is 2.34. The van der Waals surface area contributed by atoms with Crippen LogP contribution < -0.4 is 0 Å². The Morgan fingerprint density at radius 3 is 2.38 bits per heavy atom. The molecule has 0 saturated carbocycles. The highest BCUT2D eigenvalue weighted by Gasteiger charge is 2.18. The van der Waals surface area contributed by atoms with E-state index in [-0.39, 0.29) is 0 Å². The molecule has 5 rings (SSSR count). The Bertz CT molecular complexity index is 1050. The summed E-state index contributed by atoms with van der Waals surface area (Å²) >= 11 is 1.91. The van der Waals surface area contributed by atoms with E-state index < -0.39 is 0 Å². The summed E-state index contributed by atoms with van der Waals surface area (Å²) in [6.07, 6.45) is 1.02. The first-order valence-electron chi connectivity index (χ1n) is 8.25. The molecular formula is C23H16S. The molecule has 0 amide bonds. The van der Waals surface area contributed by atoms with Gasteiger partial charge in [-0.3, -0.25) is 0 Å². The van der Waals surface area contributed by atoms with Crippen LogP contribution in [0, 0.1) is 0 Å². The minimum Gasteiger partial charge on any atom is -0.0895 e. The van der Waals surface area contributed by atoms with Crippen LogP contribution in [0.4, 0.5) is 0 Å². The number of benzene rings is 4. The zero-order valence-corrected chi connectivity index (χ0v) is 14.0. The van der Waals surface area contributed by atoms with Gasteiger partial charge in [0.15, 0.2) is 0 Å². The summed E-state index contributed by atoms with van der Waals surface area (Å²) < 4.78 is 0. The van der Waals surface area contributed by atoms with Crippen LogP contribution in [0.1, 0.15) is 11.1 Å². The average Bonchev–Trinajstić information content (AvgIpc) is 2.66. The summed E-state index contributed by atoms with van der Waals surface area (Å²) in [5.41, 5.74) is 5.48. The molecule has 4 aromatic carbocycles. The molecule has 0 radical (unpaired) electrons. The Kier molecular flexibility index (Phi) is 3.20. The van der Waals surface area contributed by atoms with E-state index in [1.165, 1.54) is 42.8 Å².